The number of benzene rings is 1. The van der Waals surface area contributed by atoms with Crippen molar-refractivity contribution in [3.8, 4) is 22.5 Å². The van der Waals surface area contributed by atoms with Crippen molar-refractivity contribution in [3.05, 3.63) is 67.3 Å². The highest BCUT2D eigenvalue weighted by Crippen LogP contribution is 2.35. The monoisotopic (exact) mass is 504 g/mol. The molecule has 4 aromatic heterocycles. The second-order valence-electron chi connectivity index (χ2n) is 10.6. The molecule has 0 bridgehead atoms. The van der Waals surface area contributed by atoms with E-state index in [1.807, 2.05) is 24.7 Å². The molecule has 0 amide bonds. The molecule has 38 heavy (non-hydrogen) atoms. The molecular weight excluding hydrogens is 472 g/mol. The second kappa shape index (κ2) is 9.29. The number of rotatable bonds is 6. The number of allylic oxidation sites excluding steroid dienone is 1. The molecule has 8 nitrogen and oxygen atoms in total. The molecule has 2 aliphatic rings. The first kappa shape index (κ1) is 23.0. The molecule has 0 spiro atoms. The minimum Gasteiger partial charge on any atom is -0.358 e. The number of hydrogen-bond acceptors (Lipinski definition) is 6. The maximum absolute atomic E-state index is 4.75. The number of nitrogens with one attached hydrogen (secondary N) is 3. The van der Waals surface area contributed by atoms with Crippen LogP contribution in [-0.2, 0) is 0 Å². The average Bonchev–Trinajstić information content (AvgIpc) is 3.52. The van der Waals surface area contributed by atoms with E-state index in [2.05, 4.69) is 74.1 Å². The van der Waals surface area contributed by atoms with Crippen LogP contribution in [-0.4, -0.2) is 63.3 Å². The second-order valence-corrected chi connectivity index (χ2v) is 10.6. The van der Waals surface area contributed by atoms with E-state index in [4.69, 9.17) is 10.1 Å². The summed E-state index contributed by atoms with van der Waals surface area (Å²) in [4.78, 5) is 17.6. The molecule has 0 radical (unpaired) electrons. The number of anilines is 2. The first-order valence-corrected chi connectivity index (χ1v) is 13.4. The van der Waals surface area contributed by atoms with E-state index in [1.165, 1.54) is 19.3 Å². The Balaban J connectivity index is 1.22. The summed E-state index contributed by atoms with van der Waals surface area (Å²) in [5.74, 6) is 1.62. The van der Waals surface area contributed by atoms with Crippen LogP contribution in [0.25, 0.3) is 44.3 Å². The number of likely N-dealkylation sites (N-methyl/N-ethyl adjacent to an activating group) is 1. The van der Waals surface area contributed by atoms with E-state index in [0.717, 1.165) is 87.7 Å². The summed E-state index contributed by atoms with van der Waals surface area (Å²) in [6, 6.07) is 12.8. The van der Waals surface area contributed by atoms with E-state index < -0.39 is 0 Å². The first-order valence-electron chi connectivity index (χ1n) is 13.4. The van der Waals surface area contributed by atoms with Gasteiger partial charge in [0.05, 0.1) is 28.6 Å². The third kappa shape index (κ3) is 4.11. The molecule has 8 heteroatoms. The van der Waals surface area contributed by atoms with Crippen LogP contribution < -0.4 is 10.2 Å². The van der Waals surface area contributed by atoms with Crippen molar-refractivity contribution in [1.82, 2.24) is 30.0 Å². The number of hydrogen-bond donors (Lipinski definition) is 3. The van der Waals surface area contributed by atoms with E-state index in [-0.39, 0.29) is 0 Å². The van der Waals surface area contributed by atoms with Crippen LogP contribution in [0.3, 0.4) is 0 Å². The van der Waals surface area contributed by atoms with Gasteiger partial charge in [-0.3, -0.25) is 10.1 Å². The molecule has 2 fully saturated rings. The van der Waals surface area contributed by atoms with Gasteiger partial charge in [-0.1, -0.05) is 19.1 Å². The number of piperazine rings is 1. The average molecular weight is 505 g/mol. The molecule has 0 atom stereocenters. The van der Waals surface area contributed by atoms with E-state index in [1.54, 1.807) is 0 Å². The van der Waals surface area contributed by atoms with Crippen LogP contribution in [0.15, 0.2) is 67.3 Å². The summed E-state index contributed by atoms with van der Waals surface area (Å²) >= 11 is 0. The van der Waals surface area contributed by atoms with Gasteiger partial charge in [0, 0.05) is 60.6 Å². The quantitative estimate of drug-likeness (QED) is 0.277. The summed E-state index contributed by atoms with van der Waals surface area (Å²) in [5, 5.41) is 13.6. The smallest absolute Gasteiger partial charge is 0.138 e. The van der Waals surface area contributed by atoms with Gasteiger partial charge in [0.15, 0.2) is 0 Å². The Kier molecular flexibility index (Phi) is 5.62. The number of fused-ring (bicyclic) bond motifs is 2. The summed E-state index contributed by atoms with van der Waals surface area (Å²) < 4.78 is 0. The topological polar surface area (TPSA) is 88.8 Å². The Morgan fingerprint density at radius 1 is 0.974 bits per heavy atom. The van der Waals surface area contributed by atoms with Gasteiger partial charge >= 0.3 is 0 Å². The third-order valence-electron chi connectivity index (χ3n) is 8.12. The van der Waals surface area contributed by atoms with Gasteiger partial charge in [-0.05, 0) is 61.7 Å². The third-order valence-corrected chi connectivity index (χ3v) is 8.12. The van der Waals surface area contributed by atoms with Crippen LogP contribution in [0.5, 0.6) is 0 Å². The number of aromatic nitrogens is 5. The summed E-state index contributed by atoms with van der Waals surface area (Å²) in [5.41, 5.74) is 8.19. The molecule has 1 aromatic carbocycles. The Labute approximate surface area is 221 Å². The highest BCUT2D eigenvalue weighted by atomic mass is 15.3. The zero-order chi connectivity index (χ0) is 25.6. The van der Waals surface area contributed by atoms with Gasteiger partial charge in [-0.15, -0.1) is 0 Å². The molecule has 1 saturated heterocycles. The van der Waals surface area contributed by atoms with Gasteiger partial charge in [-0.25, -0.2) is 4.98 Å². The van der Waals surface area contributed by atoms with Crippen molar-refractivity contribution < 1.29 is 0 Å². The largest absolute Gasteiger partial charge is 0.358 e. The molecular formula is C30H32N8. The highest BCUT2D eigenvalue weighted by Gasteiger charge is 2.21. The predicted molar refractivity (Wildman–Crippen MR) is 154 cm³/mol. The van der Waals surface area contributed by atoms with Crippen LogP contribution in [0.4, 0.5) is 11.5 Å². The Bertz CT molecular complexity index is 1630. The maximum Gasteiger partial charge on any atom is 0.138 e. The minimum absolute atomic E-state index is 0.576. The molecule has 1 aliphatic carbocycles. The lowest BCUT2D eigenvalue weighted by Gasteiger charge is -2.33. The van der Waals surface area contributed by atoms with Gasteiger partial charge in [0.2, 0.25) is 0 Å². The van der Waals surface area contributed by atoms with E-state index in [9.17, 15) is 0 Å². The van der Waals surface area contributed by atoms with E-state index >= 15 is 0 Å². The normalized spacial score (nSPS) is 16.7. The number of pyridine rings is 2. The predicted octanol–water partition coefficient (Wildman–Crippen LogP) is 5.65. The summed E-state index contributed by atoms with van der Waals surface area (Å²) in [7, 11) is 2.17. The van der Waals surface area contributed by atoms with Crippen LogP contribution in [0.1, 0.15) is 19.3 Å². The van der Waals surface area contributed by atoms with Crippen molar-refractivity contribution in [2.45, 2.75) is 19.3 Å². The molecule has 3 N–H and O–H groups in total. The van der Waals surface area contributed by atoms with Crippen molar-refractivity contribution >= 4 is 33.3 Å². The number of aromatic amines is 2. The molecule has 5 heterocycles. The van der Waals surface area contributed by atoms with Crippen molar-refractivity contribution in [2.24, 2.45) is 5.92 Å². The van der Waals surface area contributed by atoms with E-state index in [0.29, 0.717) is 5.92 Å². The minimum atomic E-state index is 0.576. The molecule has 5 aromatic rings. The lowest BCUT2D eigenvalue weighted by Crippen LogP contribution is -2.44. The van der Waals surface area contributed by atoms with Crippen LogP contribution in [0, 0.1) is 5.92 Å². The van der Waals surface area contributed by atoms with Crippen molar-refractivity contribution in [2.75, 3.05) is 43.4 Å². The molecule has 192 valence electrons. The lowest BCUT2D eigenvalue weighted by molar-refractivity contribution is 0.312. The Morgan fingerprint density at radius 2 is 1.84 bits per heavy atom. The first-order chi connectivity index (χ1) is 18.6. The molecule has 1 aliphatic heterocycles. The molecule has 1 saturated carbocycles. The van der Waals surface area contributed by atoms with Gasteiger partial charge in [0.25, 0.3) is 0 Å². The fourth-order valence-corrected chi connectivity index (χ4v) is 5.55. The molecule has 0 unspecified atom stereocenters. The molecule has 7 rings (SSSR count). The number of H-pyrrole nitrogens is 2. The van der Waals surface area contributed by atoms with Gasteiger partial charge < -0.3 is 20.1 Å². The van der Waals surface area contributed by atoms with Gasteiger partial charge in [0.1, 0.15) is 11.5 Å². The summed E-state index contributed by atoms with van der Waals surface area (Å²) in [6.07, 6.45) is 9.41. The fourth-order valence-electron chi connectivity index (χ4n) is 5.55. The fraction of sp³-hybridized carbons (Fsp3) is 0.300. The highest BCUT2D eigenvalue weighted by molar-refractivity contribution is 6.00. The standard InChI is InChI=1S/C30H32N8/c1-19(20-4-3-5-20)33-23-14-22(17-31-18-23)21-6-7-27-24(15-21)29(36-35-27)28-16-25-26(34-28)8-9-32-30(25)38-12-10-37(2)11-13-38/h6-9,14-18,20,33-34H,1,3-5,10-13H2,2H3,(H,35,36). The van der Waals surface area contributed by atoms with Crippen LogP contribution >= 0.6 is 0 Å². The SMILES string of the molecule is C=C(Nc1cncc(-c2ccc3[nH]nc(-c4cc5c(N6CCN(C)CC6)nccc5[nH]4)c3c2)c1)C1CCC1. The number of nitrogens with zero attached hydrogens (tertiary/aromatic N) is 5. The van der Waals surface area contributed by atoms with Crippen LogP contribution in [0.2, 0.25) is 0 Å². The van der Waals surface area contributed by atoms with Crippen molar-refractivity contribution in [1.29, 1.82) is 0 Å². The zero-order valence-electron chi connectivity index (χ0n) is 21.7. The zero-order valence-corrected chi connectivity index (χ0v) is 21.7. The Hall–Kier alpha value is -4.17. The van der Waals surface area contributed by atoms with Gasteiger partial charge in [-0.2, -0.15) is 5.10 Å². The van der Waals surface area contributed by atoms with Crippen molar-refractivity contribution in [3.63, 3.8) is 0 Å². The maximum atomic E-state index is 4.75. The lowest BCUT2D eigenvalue weighted by atomic mass is 9.83. The Morgan fingerprint density at radius 3 is 2.66 bits per heavy atom. The summed E-state index contributed by atoms with van der Waals surface area (Å²) in [6.45, 7) is 8.29.